The van der Waals surface area contributed by atoms with Crippen LogP contribution in [0.5, 0.6) is 0 Å². The molecule has 116 valence electrons. The largest absolute Gasteiger partial charge is 0.314 e. The van der Waals surface area contributed by atoms with Gasteiger partial charge in [-0.05, 0) is 42.4 Å². The molecule has 2 nitrogen and oxygen atoms in total. The summed E-state index contributed by atoms with van der Waals surface area (Å²) in [5.41, 5.74) is 1.45. The van der Waals surface area contributed by atoms with Crippen LogP contribution < -0.4 is 5.32 Å². The van der Waals surface area contributed by atoms with E-state index < -0.39 is 0 Å². The van der Waals surface area contributed by atoms with Crippen LogP contribution in [-0.2, 0) is 0 Å². The van der Waals surface area contributed by atoms with E-state index in [0.29, 0.717) is 5.92 Å². The summed E-state index contributed by atoms with van der Waals surface area (Å²) < 4.78 is 0. The van der Waals surface area contributed by atoms with E-state index in [1.54, 1.807) is 0 Å². The zero-order chi connectivity index (χ0) is 14.5. The van der Waals surface area contributed by atoms with E-state index in [-0.39, 0.29) is 0 Å². The Bertz CT molecular complexity index is 437. The molecule has 2 aliphatic rings. The standard InChI is InChI=1S/C18H27ClN2/c19-17-8-4-7-16(13-17)18(15-5-2-1-3-6-15)14-21-11-9-20-10-12-21/h4,7-8,13,15,18,20H,1-3,5-6,9-12,14H2/t18-/m0/s1. The Kier molecular flexibility index (Phi) is 5.56. The summed E-state index contributed by atoms with van der Waals surface area (Å²) in [6.07, 6.45) is 7.02. The van der Waals surface area contributed by atoms with Gasteiger partial charge in [0, 0.05) is 37.7 Å². The van der Waals surface area contributed by atoms with Crippen molar-refractivity contribution in [2.75, 3.05) is 32.7 Å². The SMILES string of the molecule is Clc1cccc([C@@H](CN2CCNCC2)C2CCCCC2)c1. The predicted molar refractivity (Wildman–Crippen MR) is 90.1 cm³/mol. The van der Waals surface area contributed by atoms with Crippen LogP contribution in [-0.4, -0.2) is 37.6 Å². The molecule has 0 bridgehead atoms. The molecule has 0 radical (unpaired) electrons. The highest BCUT2D eigenvalue weighted by Crippen LogP contribution is 2.37. The van der Waals surface area contributed by atoms with Gasteiger partial charge in [0.25, 0.3) is 0 Å². The highest BCUT2D eigenvalue weighted by Gasteiger charge is 2.27. The van der Waals surface area contributed by atoms with Gasteiger partial charge >= 0.3 is 0 Å². The van der Waals surface area contributed by atoms with Gasteiger partial charge in [-0.25, -0.2) is 0 Å². The smallest absolute Gasteiger partial charge is 0.0408 e. The second-order valence-corrected chi connectivity index (χ2v) is 7.05. The van der Waals surface area contributed by atoms with Crippen molar-refractivity contribution in [1.82, 2.24) is 10.2 Å². The summed E-state index contributed by atoms with van der Waals surface area (Å²) in [5.74, 6) is 1.49. The Morgan fingerprint density at radius 2 is 1.90 bits per heavy atom. The lowest BCUT2D eigenvalue weighted by atomic mass is 9.76. The molecule has 0 spiro atoms. The minimum Gasteiger partial charge on any atom is -0.314 e. The average molecular weight is 307 g/mol. The summed E-state index contributed by atoms with van der Waals surface area (Å²) in [6, 6.07) is 8.59. The zero-order valence-electron chi connectivity index (χ0n) is 12.9. The first kappa shape index (κ1) is 15.3. The molecular formula is C18H27ClN2. The highest BCUT2D eigenvalue weighted by molar-refractivity contribution is 6.30. The van der Waals surface area contributed by atoms with Crippen LogP contribution in [0.4, 0.5) is 0 Å². The molecule has 1 saturated carbocycles. The van der Waals surface area contributed by atoms with Crippen molar-refractivity contribution < 1.29 is 0 Å². The van der Waals surface area contributed by atoms with Crippen LogP contribution in [0.2, 0.25) is 5.02 Å². The van der Waals surface area contributed by atoms with E-state index in [0.717, 1.165) is 24.0 Å². The van der Waals surface area contributed by atoms with E-state index >= 15 is 0 Å². The Morgan fingerprint density at radius 1 is 1.14 bits per heavy atom. The molecule has 0 amide bonds. The summed E-state index contributed by atoms with van der Waals surface area (Å²) in [6.45, 7) is 5.83. The first-order chi connectivity index (χ1) is 10.3. The molecule has 1 atom stereocenters. The lowest BCUT2D eigenvalue weighted by Crippen LogP contribution is -2.45. The molecule has 1 aliphatic carbocycles. The third-order valence-electron chi connectivity index (χ3n) is 5.16. The predicted octanol–water partition coefficient (Wildman–Crippen LogP) is 3.91. The number of nitrogens with zero attached hydrogens (tertiary/aromatic N) is 1. The van der Waals surface area contributed by atoms with Crippen molar-refractivity contribution in [2.24, 2.45) is 5.92 Å². The fraction of sp³-hybridized carbons (Fsp3) is 0.667. The fourth-order valence-electron chi connectivity index (χ4n) is 3.97. The molecule has 1 N–H and O–H groups in total. The summed E-state index contributed by atoms with van der Waals surface area (Å²) in [5, 5.41) is 4.34. The second kappa shape index (κ2) is 7.62. The number of hydrogen-bond acceptors (Lipinski definition) is 2. The number of benzene rings is 1. The number of nitrogens with one attached hydrogen (secondary N) is 1. The molecule has 1 saturated heterocycles. The minimum absolute atomic E-state index is 0.655. The fourth-order valence-corrected chi connectivity index (χ4v) is 4.17. The van der Waals surface area contributed by atoms with Crippen LogP contribution in [0.1, 0.15) is 43.6 Å². The Balaban J connectivity index is 1.75. The summed E-state index contributed by atoms with van der Waals surface area (Å²) in [7, 11) is 0. The molecule has 3 heteroatoms. The van der Waals surface area contributed by atoms with Crippen LogP contribution in [0.3, 0.4) is 0 Å². The number of hydrogen-bond donors (Lipinski definition) is 1. The topological polar surface area (TPSA) is 15.3 Å². The molecular weight excluding hydrogens is 280 g/mol. The summed E-state index contributed by atoms with van der Waals surface area (Å²) in [4.78, 5) is 2.64. The van der Waals surface area contributed by atoms with Crippen LogP contribution in [0.15, 0.2) is 24.3 Å². The Morgan fingerprint density at radius 3 is 2.62 bits per heavy atom. The third kappa shape index (κ3) is 4.21. The van der Waals surface area contributed by atoms with Crippen molar-refractivity contribution in [2.45, 2.75) is 38.0 Å². The minimum atomic E-state index is 0.655. The molecule has 0 aromatic heterocycles. The molecule has 21 heavy (non-hydrogen) atoms. The number of halogens is 1. The maximum atomic E-state index is 6.25. The van der Waals surface area contributed by atoms with E-state index in [2.05, 4.69) is 28.4 Å². The van der Waals surface area contributed by atoms with E-state index in [4.69, 9.17) is 11.6 Å². The van der Waals surface area contributed by atoms with Gasteiger partial charge < -0.3 is 10.2 Å². The van der Waals surface area contributed by atoms with Gasteiger partial charge in [0.1, 0.15) is 0 Å². The van der Waals surface area contributed by atoms with Crippen molar-refractivity contribution in [3.8, 4) is 0 Å². The quantitative estimate of drug-likeness (QED) is 0.907. The maximum Gasteiger partial charge on any atom is 0.0408 e. The second-order valence-electron chi connectivity index (χ2n) is 6.61. The van der Waals surface area contributed by atoms with Gasteiger partial charge in [-0.1, -0.05) is 43.0 Å². The first-order valence-electron chi connectivity index (χ1n) is 8.51. The number of rotatable bonds is 4. The average Bonchev–Trinajstić information content (AvgIpc) is 2.54. The lowest BCUT2D eigenvalue weighted by Gasteiger charge is -2.36. The Labute approximate surface area is 133 Å². The van der Waals surface area contributed by atoms with Crippen LogP contribution in [0.25, 0.3) is 0 Å². The van der Waals surface area contributed by atoms with Crippen LogP contribution in [0, 0.1) is 5.92 Å². The van der Waals surface area contributed by atoms with Crippen LogP contribution >= 0.6 is 11.6 Å². The van der Waals surface area contributed by atoms with E-state index in [1.165, 1.54) is 57.3 Å². The highest BCUT2D eigenvalue weighted by atomic mass is 35.5. The zero-order valence-corrected chi connectivity index (χ0v) is 13.6. The first-order valence-corrected chi connectivity index (χ1v) is 8.89. The van der Waals surface area contributed by atoms with Gasteiger partial charge in [-0.2, -0.15) is 0 Å². The van der Waals surface area contributed by atoms with Crippen molar-refractivity contribution >= 4 is 11.6 Å². The monoisotopic (exact) mass is 306 g/mol. The molecule has 0 unspecified atom stereocenters. The van der Waals surface area contributed by atoms with Gasteiger partial charge in [0.2, 0.25) is 0 Å². The van der Waals surface area contributed by atoms with Gasteiger partial charge in [-0.3, -0.25) is 0 Å². The van der Waals surface area contributed by atoms with Gasteiger partial charge in [0.05, 0.1) is 0 Å². The van der Waals surface area contributed by atoms with Crippen molar-refractivity contribution in [1.29, 1.82) is 0 Å². The molecule has 1 aromatic rings. The van der Waals surface area contributed by atoms with Gasteiger partial charge in [-0.15, -0.1) is 0 Å². The third-order valence-corrected chi connectivity index (χ3v) is 5.40. The molecule has 2 fully saturated rings. The van der Waals surface area contributed by atoms with Gasteiger partial charge in [0.15, 0.2) is 0 Å². The molecule has 1 heterocycles. The molecule has 1 aromatic carbocycles. The number of piperazine rings is 1. The van der Waals surface area contributed by atoms with Crippen molar-refractivity contribution in [3.63, 3.8) is 0 Å². The van der Waals surface area contributed by atoms with Crippen molar-refractivity contribution in [3.05, 3.63) is 34.9 Å². The lowest BCUT2D eigenvalue weighted by molar-refractivity contribution is 0.187. The molecule has 1 aliphatic heterocycles. The maximum absolute atomic E-state index is 6.25. The molecule has 3 rings (SSSR count). The summed E-state index contributed by atoms with van der Waals surface area (Å²) >= 11 is 6.25. The normalized spacial score (nSPS) is 23.1. The van der Waals surface area contributed by atoms with E-state index in [1.807, 2.05) is 6.07 Å². The van der Waals surface area contributed by atoms with E-state index in [9.17, 15) is 0 Å². The Hall–Kier alpha value is -0.570.